The van der Waals surface area contributed by atoms with Crippen molar-refractivity contribution in [3.05, 3.63) is 64.0 Å². The molecule has 2 aromatic heterocycles. The Hall–Kier alpha value is -3.20. The van der Waals surface area contributed by atoms with Crippen molar-refractivity contribution in [3.63, 3.8) is 0 Å². The summed E-state index contributed by atoms with van der Waals surface area (Å²) < 4.78 is 0. The third-order valence-corrected chi connectivity index (χ3v) is 5.68. The largest absolute Gasteiger partial charge is 0.305 e. The van der Waals surface area contributed by atoms with Crippen molar-refractivity contribution in [1.82, 2.24) is 15.2 Å². The van der Waals surface area contributed by atoms with E-state index in [1.165, 1.54) is 17.8 Å². The number of carbonyl (C=O) groups is 1. The molecule has 0 radical (unpaired) electrons. The number of benzene rings is 1. The van der Waals surface area contributed by atoms with Crippen molar-refractivity contribution in [2.24, 2.45) is 5.92 Å². The molecule has 0 aliphatic carbocycles. The van der Waals surface area contributed by atoms with Crippen LogP contribution in [0.5, 0.6) is 0 Å². The predicted octanol–water partition coefficient (Wildman–Crippen LogP) is 5.08. The van der Waals surface area contributed by atoms with Gasteiger partial charge < -0.3 is 5.32 Å². The highest BCUT2D eigenvalue weighted by atomic mass is 32.2. The second-order valence-electron chi connectivity index (χ2n) is 7.23. The molecule has 0 fully saturated rings. The van der Waals surface area contributed by atoms with Gasteiger partial charge in [-0.2, -0.15) is 5.10 Å². The van der Waals surface area contributed by atoms with Gasteiger partial charge in [0, 0.05) is 35.2 Å². The third kappa shape index (κ3) is 5.04. The van der Waals surface area contributed by atoms with Crippen LogP contribution in [0, 0.1) is 23.0 Å². The first-order valence-electron chi connectivity index (χ1n) is 9.54. The van der Waals surface area contributed by atoms with Crippen molar-refractivity contribution in [3.8, 4) is 11.3 Å². The Bertz CT molecular complexity index is 1050. The molecule has 3 rings (SSSR count). The highest BCUT2D eigenvalue weighted by Gasteiger charge is 2.20. The van der Waals surface area contributed by atoms with Crippen LogP contribution in [-0.4, -0.2) is 31.8 Å². The Balaban J connectivity index is 1.78. The molecule has 156 valence electrons. The number of hydrogen-bond acceptors (Lipinski definition) is 6. The number of thioether (sulfide) groups is 1. The summed E-state index contributed by atoms with van der Waals surface area (Å²) in [5.41, 5.74) is 2.59. The first-order chi connectivity index (χ1) is 14.4. The summed E-state index contributed by atoms with van der Waals surface area (Å²) in [7, 11) is 0. The number of aromatic amines is 1. The molecule has 3 aromatic rings. The minimum Gasteiger partial charge on any atom is -0.305 e. The van der Waals surface area contributed by atoms with Gasteiger partial charge in [0.15, 0.2) is 5.82 Å². The first kappa shape index (κ1) is 21.5. The molecule has 0 saturated heterocycles. The number of hydrogen-bond donors (Lipinski definition) is 2. The summed E-state index contributed by atoms with van der Waals surface area (Å²) >= 11 is 1.44. The molecule has 8 nitrogen and oxygen atoms in total. The summed E-state index contributed by atoms with van der Waals surface area (Å²) in [6.07, 6.45) is 4.31. The number of amides is 1. The normalized spacial score (nSPS) is 10.9. The van der Waals surface area contributed by atoms with E-state index in [4.69, 9.17) is 0 Å². The highest BCUT2D eigenvalue weighted by Crippen LogP contribution is 2.32. The molecule has 9 heteroatoms. The van der Waals surface area contributed by atoms with Gasteiger partial charge in [-0.3, -0.25) is 25.0 Å². The summed E-state index contributed by atoms with van der Waals surface area (Å²) in [5, 5.41) is 21.3. The Morgan fingerprint density at radius 1 is 1.27 bits per heavy atom. The maximum atomic E-state index is 12.7. The number of H-pyrrole nitrogens is 1. The molecule has 1 amide bonds. The topological polar surface area (TPSA) is 114 Å². The average molecular weight is 426 g/mol. The van der Waals surface area contributed by atoms with Crippen LogP contribution in [0.2, 0.25) is 0 Å². The number of nitro groups is 1. The van der Waals surface area contributed by atoms with Gasteiger partial charge in [-0.05, 0) is 49.3 Å². The molecule has 0 unspecified atom stereocenters. The molecular formula is C21H23N5O3S. The number of nitrogens with one attached hydrogen (secondary N) is 2. The van der Waals surface area contributed by atoms with E-state index in [1.54, 1.807) is 24.5 Å². The standard InChI is InChI=1S/C21H23N5O3S/c1-13(2)8-11-30-18-5-4-16(12-17(18)26(28)29)21(27)23-20-14(3)19(24-25-20)15-6-9-22-10-7-15/h4-7,9-10,12-13H,8,11H2,1-3H3,(H2,23,24,25,27). The Kier molecular flexibility index (Phi) is 6.83. The van der Waals surface area contributed by atoms with Crippen LogP contribution in [0.1, 0.15) is 36.2 Å². The number of pyridine rings is 1. The van der Waals surface area contributed by atoms with E-state index in [1.807, 2.05) is 19.1 Å². The minimum absolute atomic E-state index is 0.0624. The first-order valence-corrected chi connectivity index (χ1v) is 10.5. The van der Waals surface area contributed by atoms with Crippen LogP contribution in [0.4, 0.5) is 11.5 Å². The fourth-order valence-electron chi connectivity index (χ4n) is 2.83. The lowest BCUT2D eigenvalue weighted by atomic mass is 10.1. The molecule has 1 aromatic carbocycles. The molecule has 2 heterocycles. The van der Waals surface area contributed by atoms with Gasteiger partial charge in [0.1, 0.15) is 0 Å². The summed E-state index contributed by atoms with van der Waals surface area (Å²) in [5.74, 6) is 1.24. The highest BCUT2D eigenvalue weighted by molar-refractivity contribution is 7.99. The minimum atomic E-state index is -0.451. The molecule has 0 spiro atoms. The van der Waals surface area contributed by atoms with Crippen molar-refractivity contribution in [2.75, 3.05) is 11.1 Å². The van der Waals surface area contributed by atoms with Gasteiger partial charge in [-0.1, -0.05) is 13.8 Å². The molecule has 0 saturated carbocycles. The van der Waals surface area contributed by atoms with E-state index in [0.717, 1.165) is 29.0 Å². The van der Waals surface area contributed by atoms with Crippen LogP contribution >= 0.6 is 11.8 Å². The van der Waals surface area contributed by atoms with Crippen molar-refractivity contribution < 1.29 is 9.72 Å². The molecule has 0 atom stereocenters. The van der Waals surface area contributed by atoms with E-state index in [9.17, 15) is 14.9 Å². The summed E-state index contributed by atoms with van der Waals surface area (Å²) in [6, 6.07) is 8.23. The monoisotopic (exact) mass is 425 g/mol. The Morgan fingerprint density at radius 3 is 2.67 bits per heavy atom. The number of nitro benzene ring substituents is 1. The number of aromatic nitrogens is 3. The quantitative estimate of drug-likeness (QED) is 0.296. The number of nitrogens with zero attached hydrogens (tertiary/aromatic N) is 3. The van der Waals surface area contributed by atoms with E-state index >= 15 is 0 Å². The molecule has 2 N–H and O–H groups in total. The second kappa shape index (κ2) is 9.53. The lowest BCUT2D eigenvalue weighted by molar-refractivity contribution is -0.387. The van der Waals surface area contributed by atoms with E-state index in [0.29, 0.717) is 16.6 Å². The molecule has 30 heavy (non-hydrogen) atoms. The molecule has 0 aliphatic heterocycles. The number of anilines is 1. The Labute approximate surface area is 178 Å². The van der Waals surface area contributed by atoms with Crippen LogP contribution in [0.25, 0.3) is 11.3 Å². The number of carbonyl (C=O) groups excluding carboxylic acids is 1. The smallest absolute Gasteiger partial charge is 0.283 e. The van der Waals surface area contributed by atoms with Gasteiger partial charge >= 0.3 is 0 Å². The second-order valence-corrected chi connectivity index (χ2v) is 8.37. The van der Waals surface area contributed by atoms with Gasteiger partial charge in [0.05, 0.1) is 15.5 Å². The zero-order valence-electron chi connectivity index (χ0n) is 17.0. The average Bonchev–Trinajstić information content (AvgIpc) is 3.08. The van der Waals surface area contributed by atoms with Gasteiger partial charge in [-0.15, -0.1) is 11.8 Å². The fraction of sp³-hybridized carbons (Fsp3) is 0.286. The molecule has 0 aliphatic rings. The molecular weight excluding hydrogens is 402 g/mol. The summed E-state index contributed by atoms with van der Waals surface area (Å²) in [4.78, 5) is 28.3. The maximum Gasteiger partial charge on any atom is 0.283 e. The van der Waals surface area contributed by atoms with Crippen LogP contribution in [-0.2, 0) is 0 Å². The van der Waals surface area contributed by atoms with Gasteiger partial charge in [0.2, 0.25) is 0 Å². The zero-order valence-corrected chi connectivity index (χ0v) is 17.8. The van der Waals surface area contributed by atoms with E-state index in [2.05, 4.69) is 34.3 Å². The zero-order chi connectivity index (χ0) is 21.7. The summed E-state index contributed by atoms with van der Waals surface area (Å²) in [6.45, 7) is 6.06. The van der Waals surface area contributed by atoms with Crippen LogP contribution in [0.3, 0.4) is 0 Å². The third-order valence-electron chi connectivity index (χ3n) is 4.58. The van der Waals surface area contributed by atoms with Crippen molar-refractivity contribution in [2.45, 2.75) is 32.1 Å². The molecule has 0 bridgehead atoms. The predicted molar refractivity (Wildman–Crippen MR) is 118 cm³/mol. The van der Waals surface area contributed by atoms with Crippen LogP contribution in [0.15, 0.2) is 47.6 Å². The van der Waals surface area contributed by atoms with Gasteiger partial charge in [-0.25, -0.2) is 0 Å². The van der Waals surface area contributed by atoms with Crippen molar-refractivity contribution >= 4 is 29.2 Å². The lowest BCUT2D eigenvalue weighted by Gasteiger charge is -2.08. The Morgan fingerprint density at radius 2 is 2.00 bits per heavy atom. The van der Waals surface area contributed by atoms with E-state index in [-0.39, 0.29) is 11.3 Å². The van der Waals surface area contributed by atoms with Crippen LogP contribution < -0.4 is 5.32 Å². The SMILES string of the molecule is Cc1c(NC(=O)c2ccc(SCCC(C)C)c([N+](=O)[O-])c2)n[nH]c1-c1ccncc1. The van der Waals surface area contributed by atoms with E-state index < -0.39 is 10.8 Å². The maximum absolute atomic E-state index is 12.7. The van der Waals surface area contributed by atoms with Gasteiger partial charge in [0.25, 0.3) is 11.6 Å². The fourth-order valence-corrected chi connectivity index (χ4v) is 4.08. The number of rotatable bonds is 8. The lowest BCUT2D eigenvalue weighted by Crippen LogP contribution is -2.13. The van der Waals surface area contributed by atoms with Crippen molar-refractivity contribution in [1.29, 1.82) is 0 Å².